The average molecular weight is 289 g/mol. The molecule has 1 heterocycles. The lowest BCUT2D eigenvalue weighted by Crippen LogP contribution is -2.28. The van der Waals surface area contributed by atoms with Gasteiger partial charge in [0.1, 0.15) is 0 Å². The maximum Gasteiger partial charge on any atom is 0.226 e. The largest absolute Gasteiger partial charge is 0.356 e. The van der Waals surface area contributed by atoms with Crippen molar-refractivity contribution in [1.29, 1.82) is 0 Å². The summed E-state index contributed by atoms with van der Waals surface area (Å²) in [7, 11) is 0. The van der Waals surface area contributed by atoms with Gasteiger partial charge in [0, 0.05) is 25.1 Å². The van der Waals surface area contributed by atoms with Gasteiger partial charge in [0.2, 0.25) is 11.8 Å². The van der Waals surface area contributed by atoms with E-state index in [-0.39, 0.29) is 11.8 Å². The molecule has 3 N–H and O–H groups in total. The molecule has 2 amide bonds. The average Bonchev–Trinajstić information content (AvgIpc) is 2.99. The minimum Gasteiger partial charge on any atom is -0.356 e. The molecule has 5 nitrogen and oxygen atoms in total. The number of para-hydroxylation sites is 1. The maximum absolute atomic E-state index is 11.7. The molecule has 21 heavy (non-hydrogen) atoms. The summed E-state index contributed by atoms with van der Waals surface area (Å²) < 4.78 is 0. The van der Waals surface area contributed by atoms with Gasteiger partial charge in [0.05, 0.1) is 0 Å². The second-order valence-corrected chi connectivity index (χ2v) is 5.41. The van der Waals surface area contributed by atoms with Gasteiger partial charge < -0.3 is 16.0 Å². The molecule has 2 rings (SSSR count). The zero-order valence-electron chi connectivity index (χ0n) is 12.2. The molecule has 1 aromatic rings. The molecule has 0 saturated carbocycles. The van der Waals surface area contributed by atoms with Crippen molar-refractivity contribution in [2.75, 3.05) is 25.0 Å². The first-order valence-corrected chi connectivity index (χ1v) is 7.56. The highest BCUT2D eigenvalue weighted by Crippen LogP contribution is 2.13. The van der Waals surface area contributed by atoms with Crippen LogP contribution in [0.2, 0.25) is 0 Å². The van der Waals surface area contributed by atoms with Crippen LogP contribution in [0.4, 0.5) is 5.69 Å². The van der Waals surface area contributed by atoms with Crippen LogP contribution in [0.5, 0.6) is 0 Å². The van der Waals surface area contributed by atoms with Crippen molar-refractivity contribution in [3.8, 4) is 0 Å². The summed E-state index contributed by atoms with van der Waals surface area (Å²) in [6.45, 7) is 2.47. The van der Waals surface area contributed by atoms with Crippen LogP contribution < -0.4 is 16.0 Å². The summed E-state index contributed by atoms with van der Waals surface area (Å²) in [5, 5.41) is 8.89. The first kappa shape index (κ1) is 15.5. The number of hydrogen-bond acceptors (Lipinski definition) is 3. The predicted molar refractivity (Wildman–Crippen MR) is 82.9 cm³/mol. The third-order valence-corrected chi connectivity index (χ3v) is 3.67. The topological polar surface area (TPSA) is 70.2 Å². The highest BCUT2D eigenvalue weighted by Gasteiger charge is 2.15. The summed E-state index contributed by atoms with van der Waals surface area (Å²) in [6.07, 6.45) is 2.93. The molecule has 1 aromatic carbocycles. The fourth-order valence-electron chi connectivity index (χ4n) is 2.44. The molecule has 0 radical (unpaired) electrons. The van der Waals surface area contributed by atoms with E-state index >= 15 is 0 Å². The number of carbonyl (C=O) groups is 2. The quantitative estimate of drug-likeness (QED) is 0.713. The van der Waals surface area contributed by atoms with Crippen molar-refractivity contribution in [3.63, 3.8) is 0 Å². The van der Waals surface area contributed by atoms with E-state index in [4.69, 9.17) is 0 Å². The van der Waals surface area contributed by atoms with Gasteiger partial charge >= 0.3 is 0 Å². The Hall–Kier alpha value is -1.88. The SMILES string of the molecule is O=C(CCC1CCNC1)NCCC(=O)Nc1ccccc1. The third-order valence-electron chi connectivity index (χ3n) is 3.67. The summed E-state index contributed by atoms with van der Waals surface area (Å²) in [5.41, 5.74) is 0.780. The van der Waals surface area contributed by atoms with Crippen molar-refractivity contribution < 1.29 is 9.59 Å². The Bertz CT molecular complexity index is 456. The van der Waals surface area contributed by atoms with Crippen molar-refractivity contribution in [1.82, 2.24) is 10.6 Å². The fraction of sp³-hybridized carbons (Fsp3) is 0.500. The fourth-order valence-corrected chi connectivity index (χ4v) is 2.44. The molecule has 0 aliphatic carbocycles. The molecular formula is C16H23N3O2. The standard InChI is InChI=1S/C16H23N3O2/c20-15(7-6-13-8-10-17-12-13)18-11-9-16(21)19-14-4-2-1-3-5-14/h1-5,13,17H,6-12H2,(H,18,20)(H,19,21). The van der Waals surface area contributed by atoms with Gasteiger partial charge in [-0.05, 0) is 44.0 Å². The molecule has 1 saturated heterocycles. The van der Waals surface area contributed by atoms with E-state index in [2.05, 4.69) is 16.0 Å². The molecule has 1 aliphatic heterocycles. The number of benzene rings is 1. The smallest absolute Gasteiger partial charge is 0.226 e. The number of hydrogen-bond donors (Lipinski definition) is 3. The Kier molecular flexibility index (Phi) is 6.22. The Morgan fingerprint density at radius 1 is 1.14 bits per heavy atom. The number of rotatable bonds is 7. The van der Waals surface area contributed by atoms with Gasteiger partial charge in [0.25, 0.3) is 0 Å². The summed E-state index contributed by atoms with van der Waals surface area (Å²) in [5.74, 6) is 0.577. The predicted octanol–water partition coefficient (Wildman–Crippen LogP) is 1.52. The highest BCUT2D eigenvalue weighted by atomic mass is 16.2. The van der Waals surface area contributed by atoms with Crippen LogP contribution in [0.25, 0.3) is 0 Å². The lowest BCUT2D eigenvalue weighted by Gasteiger charge is -2.09. The Morgan fingerprint density at radius 2 is 1.95 bits per heavy atom. The molecule has 1 fully saturated rings. The lowest BCUT2D eigenvalue weighted by atomic mass is 10.0. The number of anilines is 1. The minimum atomic E-state index is -0.0820. The van der Waals surface area contributed by atoms with Crippen LogP contribution >= 0.6 is 0 Å². The Morgan fingerprint density at radius 3 is 2.67 bits per heavy atom. The first-order chi connectivity index (χ1) is 10.2. The second kappa shape index (κ2) is 8.42. The lowest BCUT2D eigenvalue weighted by molar-refractivity contribution is -0.121. The first-order valence-electron chi connectivity index (χ1n) is 7.56. The van der Waals surface area contributed by atoms with Gasteiger partial charge in [-0.25, -0.2) is 0 Å². The highest BCUT2D eigenvalue weighted by molar-refractivity contribution is 5.91. The van der Waals surface area contributed by atoms with Gasteiger partial charge in [-0.15, -0.1) is 0 Å². The molecule has 5 heteroatoms. The van der Waals surface area contributed by atoms with Gasteiger partial charge in [-0.1, -0.05) is 18.2 Å². The maximum atomic E-state index is 11.7. The molecule has 1 atom stereocenters. The van der Waals surface area contributed by atoms with Crippen molar-refractivity contribution in [2.24, 2.45) is 5.92 Å². The molecule has 114 valence electrons. The van der Waals surface area contributed by atoms with Crippen molar-refractivity contribution in [2.45, 2.75) is 25.7 Å². The van der Waals surface area contributed by atoms with Crippen LogP contribution in [0.15, 0.2) is 30.3 Å². The molecule has 1 unspecified atom stereocenters. The summed E-state index contributed by atoms with van der Waals surface area (Å²) >= 11 is 0. The van der Waals surface area contributed by atoms with Gasteiger partial charge in [-0.2, -0.15) is 0 Å². The molecule has 0 spiro atoms. The van der Waals surface area contributed by atoms with Crippen molar-refractivity contribution in [3.05, 3.63) is 30.3 Å². The van der Waals surface area contributed by atoms with Gasteiger partial charge in [0.15, 0.2) is 0 Å². The molecule has 0 aromatic heterocycles. The van der Waals surface area contributed by atoms with Crippen molar-refractivity contribution >= 4 is 17.5 Å². The monoisotopic (exact) mass is 289 g/mol. The zero-order chi connectivity index (χ0) is 14.9. The number of carbonyl (C=O) groups excluding carboxylic acids is 2. The minimum absolute atomic E-state index is 0.0365. The number of amides is 2. The van der Waals surface area contributed by atoms with Crippen LogP contribution in [0.3, 0.4) is 0 Å². The van der Waals surface area contributed by atoms with Crippen LogP contribution in [0, 0.1) is 5.92 Å². The van der Waals surface area contributed by atoms with Gasteiger partial charge in [-0.3, -0.25) is 9.59 Å². The molecule has 0 bridgehead atoms. The van der Waals surface area contributed by atoms with E-state index in [1.807, 2.05) is 30.3 Å². The van der Waals surface area contributed by atoms with E-state index in [1.165, 1.54) is 0 Å². The number of nitrogens with one attached hydrogen (secondary N) is 3. The third kappa shape index (κ3) is 5.95. The summed E-state index contributed by atoms with van der Waals surface area (Å²) in [4.78, 5) is 23.4. The van der Waals surface area contributed by atoms with Crippen LogP contribution in [-0.2, 0) is 9.59 Å². The Labute approximate surface area is 125 Å². The van der Waals surface area contributed by atoms with E-state index in [9.17, 15) is 9.59 Å². The Balaban J connectivity index is 1.55. The molecular weight excluding hydrogens is 266 g/mol. The normalized spacial score (nSPS) is 17.4. The van der Waals surface area contributed by atoms with E-state index in [1.54, 1.807) is 0 Å². The van der Waals surface area contributed by atoms with E-state index in [0.717, 1.165) is 31.6 Å². The summed E-state index contributed by atoms with van der Waals surface area (Å²) in [6, 6.07) is 9.32. The molecule has 1 aliphatic rings. The second-order valence-electron chi connectivity index (χ2n) is 5.41. The van der Waals surface area contributed by atoms with E-state index < -0.39 is 0 Å². The zero-order valence-corrected chi connectivity index (χ0v) is 12.2. The van der Waals surface area contributed by atoms with Crippen LogP contribution in [-0.4, -0.2) is 31.4 Å². The van der Waals surface area contributed by atoms with E-state index in [0.29, 0.717) is 25.3 Å². The van der Waals surface area contributed by atoms with Crippen LogP contribution in [0.1, 0.15) is 25.7 Å².